The van der Waals surface area contributed by atoms with Crippen LogP contribution < -0.4 is 15.6 Å². The highest BCUT2D eigenvalue weighted by Gasteiger charge is 2.20. The molecule has 2 aromatic carbocycles. The van der Waals surface area contributed by atoms with Crippen LogP contribution in [0.4, 0.5) is 0 Å². The zero-order valence-corrected chi connectivity index (χ0v) is 18.5. The molecule has 4 rings (SSSR count). The number of nitrogens with one attached hydrogen (secondary N) is 1. The van der Waals surface area contributed by atoms with Gasteiger partial charge in [-0.3, -0.25) is 14.5 Å². The number of benzene rings is 2. The van der Waals surface area contributed by atoms with Crippen molar-refractivity contribution in [3.8, 4) is 11.5 Å². The molecule has 3 aromatic rings. The second-order valence-electron chi connectivity index (χ2n) is 8.05. The van der Waals surface area contributed by atoms with Crippen molar-refractivity contribution >= 4 is 16.8 Å². The van der Waals surface area contributed by atoms with Crippen molar-refractivity contribution in [2.75, 3.05) is 32.8 Å². The maximum atomic E-state index is 13.6. The van der Waals surface area contributed by atoms with Crippen LogP contribution in [-0.4, -0.2) is 48.2 Å². The number of rotatable bonds is 8. The van der Waals surface area contributed by atoms with Crippen LogP contribution in [0.2, 0.25) is 0 Å². The molecule has 7 nitrogen and oxygen atoms in total. The molecule has 1 amide bonds. The Morgan fingerprint density at radius 3 is 2.62 bits per heavy atom. The summed E-state index contributed by atoms with van der Waals surface area (Å²) in [6.07, 6.45) is 0. The molecule has 0 saturated carbocycles. The van der Waals surface area contributed by atoms with Crippen molar-refractivity contribution in [1.29, 1.82) is 0 Å². The van der Waals surface area contributed by atoms with Crippen molar-refractivity contribution < 1.29 is 14.3 Å². The molecular weight excluding hydrogens is 406 g/mol. The van der Waals surface area contributed by atoms with E-state index >= 15 is 0 Å². The minimum atomic E-state index is -0.151. The van der Waals surface area contributed by atoms with Crippen LogP contribution in [0.25, 0.3) is 10.9 Å². The molecule has 0 bridgehead atoms. The highest BCUT2D eigenvalue weighted by atomic mass is 16.5. The monoisotopic (exact) mass is 435 g/mol. The van der Waals surface area contributed by atoms with Gasteiger partial charge in [-0.05, 0) is 49.6 Å². The molecule has 7 heteroatoms. The van der Waals surface area contributed by atoms with Crippen LogP contribution in [0.5, 0.6) is 11.5 Å². The van der Waals surface area contributed by atoms with E-state index in [9.17, 15) is 9.59 Å². The first-order chi connectivity index (χ1) is 15.5. The third-order valence-electron chi connectivity index (χ3n) is 5.58. The quantitative estimate of drug-likeness (QED) is 0.588. The van der Waals surface area contributed by atoms with Crippen LogP contribution in [0.1, 0.15) is 25.5 Å². The molecule has 1 aromatic heterocycles. The van der Waals surface area contributed by atoms with Gasteiger partial charge in [0.05, 0.1) is 24.7 Å². The van der Waals surface area contributed by atoms with Gasteiger partial charge in [0.1, 0.15) is 11.5 Å². The van der Waals surface area contributed by atoms with Crippen molar-refractivity contribution in [2.45, 2.75) is 26.4 Å². The number of hydrogen-bond donors (Lipinski definition) is 1. The van der Waals surface area contributed by atoms with Gasteiger partial charge in [0.25, 0.3) is 5.56 Å². The first-order valence-electron chi connectivity index (χ1n) is 11.0. The van der Waals surface area contributed by atoms with Crippen LogP contribution >= 0.6 is 0 Å². The second kappa shape index (κ2) is 9.97. The molecule has 168 valence electrons. The molecule has 1 atom stereocenters. The Balaban J connectivity index is 1.74. The number of hydrogen-bond acceptors (Lipinski definition) is 5. The van der Waals surface area contributed by atoms with Gasteiger partial charge in [-0.25, -0.2) is 0 Å². The van der Waals surface area contributed by atoms with Gasteiger partial charge in [-0.2, -0.15) is 0 Å². The minimum absolute atomic E-state index is 0.00946. The minimum Gasteiger partial charge on any atom is -0.457 e. The molecule has 1 N–H and O–H groups in total. The lowest BCUT2D eigenvalue weighted by atomic mass is 10.1. The van der Waals surface area contributed by atoms with Crippen molar-refractivity contribution in [3.05, 3.63) is 70.5 Å². The SMILES string of the molecule is CCOCC(C)n1c(=O)c(CN2CCNC(=O)C2)cc2ccc(Oc3ccccc3)cc21. The summed E-state index contributed by atoms with van der Waals surface area (Å²) in [5, 5.41) is 3.78. The molecule has 1 aliphatic heterocycles. The van der Waals surface area contributed by atoms with Crippen LogP contribution in [0.15, 0.2) is 59.4 Å². The number of fused-ring (bicyclic) bond motifs is 1. The topological polar surface area (TPSA) is 72.8 Å². The average molecular weight is 436 g/mol. The highest BCUT2D eigenvalue weighted by molar-refractivity contribution is 5.82. The van der Waals surface area contributed by atoms with Gasteiger partial charge in [-0.15, -0.1) is 0 Å². The van der Waals surface area contributed by atoms with E-state index in [-0.39, 0.29) is 17.5 Å². The lowest BCUT2D eigenvalue weighted by molar-refractivity contribution is -0.124. The standard InChI is InChI=1S/C25H29N3O4/c1-3-31-17-18(2)28-23-14-22(32-21-7-5-4-6-8-21)10-9-19(23)13-20(25(28)30)15-27-12-11-26-24(29)16-27/h4-10,13-14,18H,3,11-12,15-17H2,1-2H3,(H,26,29). The molecule has 32 heavy (non-hydrogen) atoms. The fourth-order valence-corrected chi connectivity index (χ4v) is 4.04. The summed E-state index contributed by atoms with van der Waals surface area (Å²) in [5.74, 6) is 1.40. The predicted molar refractivity (Wildman–Crippen MR) is 124 cm³/mol. The Kier molecular flexibility index (Phi) is 6.87. The van der Waals surface area contributed by atoms with Crippen LogP contribution in [0, 0.1) is 0 Å². The Morgan fingerprint density at radius 1 is 1.06 bits per heavy atom. The van der Waals surface area contributed by atoms with E-state index in [1.165, 1.54) is 0 Å². The van der Waals surface area contributed by atoms with Crippen LogP contribution in [-0.2, 0) is 16.1 Å². The largest absolute Gasteiger partial charge is 0.457 e. The maximum Gasteiger partial charge on any atom is 0.255 e. The highest BCUT2D eigenvalue weighted by Crippen LogP contribution is 2.27. The Hall–Kier alpha value is -3.16. The summed E-state index contributed by atoms with van der Waals surface area (Å²) in [5.41, 5.74) is 1.41. The fraction of sp³-hybridized carbons (Fsp3) is 0.360. The van der Waals surface area contributed by atoms with Crippen LogP contribution in [0.3, 0.4) is 0 Å². The summed E-state index contributed by atoms with van der Waals surface area (Å²) >= 11 is 0. The van der Waals surface area contributed by atoms with E-state index in [0.717, 1.165) is 23.2 Å². The van der Waals surface area contributed by atoms with Gasteiger partial charge in [-0.1, -0.05) is 18.2 Å². The molecular formula is C25H29N3O4. The molecule has 0 aliphatic carbocycles. The maximum absolute atomic E-state index is 13.6. The van der Waals surface area contributed by atoms with Crippen molar-refractivity contribution in [1.82, 2.24) is 14.8 Å². The molecule has 2 heterocycles. The summed E-state index contributed by atoms with van der Waals surface area (Å²) in [6, 6.07) is 17.1. The predicted octanol–water partition coefficient (Wildman–Crippen LogP) is 3.32. The smallest absolute Gasteiger partial charge is 0.255 e. The number of carbonyl (C=O) groups is 1. The van der Waals surface area contributed by atoms with E-state index in [1.54, 1.807) is 4.57 Å². The van der Waals surface area contributed by atoms with E-state index in [2.05, 4.69) is 5.32 Å². The summed E-state index contributed by atoms with van der Waals surface area (Å²) in [7, 11) is 0. The normalized spacial score (nSPS) is 15.5. The Labute approximate surface area is 187 Å². The number of amides is 1. The number of nitrogens with zero attached hydrogens (tertiary/aromatic N) is 2. The molecule has 1 aliphatic rings. The van der Waals surface area contributed by atoms with Crippen molar-refractivity contribution in [2.24, 2.45) is 0 Å². The molecule has 1 unspecified atom stereocenters. The van der Waals surface area contributed by atoms with E-state index in [0.29, 0.717) is 44.2 Å². The number of ether oxygens (including phenoxy) is 2. The van der Waals surface area contributed by atoms with Gasteiger partial charge >= 0.3 is 0 Å². The Bertz CT molecular complexity index is 1140. The average Bonchev–Trinajstić information content (AvgIpc) is 2.79. The van der Waals surface area contributed by atoms with Crippen molar-refractivity contribution in [3.63, 3.8) is 0 Å². The molecule has 0 spiro atoms. The summed E-state index contributed by atoms with van der Waals surface area (Å²) < 4.78 is 13.4. The molecule has 1 saturated heterocycles. The number of pyridine rings is 1. The van der Waals surface area contributed by atoms with Gasteiger partial charge in [0, 0.05) is 37.9 Å². The number of para-hydroxylation sites is 1. The lowest BCUT2D eigenvalue weighted by Gasteiger charge is -2.27. The number of aromatic nitrogens is 1. The first kappa shape index (κ1) is 22.0. The second-order valence-corrected chi connectivity index (χ2v) is 8.05. The number of carbonyl (C=O) groups excluding carboxylic acids is 1. The fourth-order valence-electron chi connectivity index (χ4n) is 4.04. The zero-order chi connectivity index (χ0) is 22.5. The van der Waals surface area contributed by atoms with E-state index < -0.39 is 0 Å². The molecule has 1 fully saturated rings. The number of piperazine rings is 1. The van der Waals surface area contributed by atoms with E-state index in [4.69, 9.17) is 9.47 Å². The van der Waals surface area contributed by atoms with Gasteiger partial charge < -0.3 is 19.4 Å². The third kappa shape index (κ3) is 5.00. The van der Waals surface area contributed by atoms with Gasteiger partial charge in [0.2, 0.25) is 5.91 Å². The summed E-state index contributed by atoms with van der Waals surface area (Å²) in [4.78, 5) is 27.3. The van der Waals surface area contributed by atoms with Gasteiger partial charge in [0.15, 0.2) is 0 Å². The first-order valence-corrected chi connectivity index (χ1v) is 11.0. The Morgan fingerprint density at radius 2 is 1.88 bits per heavy atom. The zero-order valence-electron chi connectivity index (χ0n) is 18.5. The lowest BCUT2D eigenvalue weighted by Crippen LogP contribution is -2.47. The molecule has 0 radical (unpaired) electrons. The van der Waals surface area contributed by atoms with E-state index in [1.807, 2.05) is 73.3 Å². The third-order valence-corrected chi connectivity index (χ3v) is 5.58. The summed E-state index contributed by atoms with van der Waals surface area (Å²) in [6.45, 7) is 7.01.